The quantitative estimate of drug-likeness (QED) is 0.659. The molecule has 0 unspecified atom stereocenters. The number of benzene rings is 2. The molecule has 0 aliphatic rings. The molecule has 0 spiro atoms. The molecule has 6 heteroatoms. The Morgan fingerprint density at radius 1 is 1.22 bits per heavy atom. The van der Waals surface area contributed by atoms with Crippen LogP contribution in [-0.4, -0.2) is 15.7 Å². The molecule has 0 bridgehead atoms. The molecule has 0 atom stereocenters. The fourth-order valence-electron chi connectivity index (χ4n) is 2.78. The van der Waals surface area contributed by atoms with E-state index in [-0.39, 0.29) is 5.91 Å². The lowest BCUT2D eigenvalue weighted by atomic mass is 10.1. The van der Waals surface area contributed by atoms with E-state index in [9.17, 15) is 4.79 Å². The van der Waals surface area contributed by atoms with E-state index in [1.807, 2.05) is 48.9 Å². The average molecular weight is 384 g/mol. The maximum atomic E-state index is 12.5. The molecule has 0 aliphatic carbocycles. The Labute approximate surface area is 163 Å². The van der Waals surface area contributed by atoms with Gasteiger partial charge in [-0.15, -0.1) is 0 Å². The number of aromatic nitrogens is 2. The normalized spacial score (nSPS) is 10.6. The molecule has 140 valence electrons. The summed E-state index contributed by atoms with van der Waals surface area (Å²) in [6.45, 7) is 5.68. The molecule has 0 aliphatic heterocycles. The summed E-state index contributed by atoms with van der Waals surface area (Å²) < 4.78 is 7.65. The Kier molecular flexibility index (Phi) is 6.14. The van der Waals surface area contributed by atoms with Gasteiger partial charge in [0.2, 0.25) is 0 Å². The maximum Gasteiger partial charge on any atom is 0.251 e. The molecular formula is C21H22ClN3O2. The third kappa shape index (κ3) is 4.89. The number of nitrogens with zero attached hydrogens (tertiary/aromatic N) is 2. The van der Waals surface area contributed by atoms with Crippen LogP contribution in [-0.2, 0) is 19.7 Å². The molecule has 5 nitrogen and oxygen atoms in total. The summed E-state index contributed by atoms with van der Waals surface area (Å²) in [6.07, 6.45) is 1.80. The summed E-state index contributed by atoms with van der Waals surface area (Å²) in [5.74, 6) is 0.573. The number of rotatable bonds is 7. The van der Waals surface area contributed by atoms with Crippen LogP contribution < -0.4 is 10.1 Å². The van der Waals surface area contributed by atoms with Crippen molar-refractivity contribution in [2.75, 3.05) is 0 Å². The van der Waals surface area contributed by atoms with Gasteiger partial charge < -0.3 is 10.1 Å². The number of amides is 1. The number of hydrogen-bond donors (Lipinski definition) is 1. The van der Waals surface area contributed by atoms with E-state index in [1.54, 1.807) is 24.4 Å². The zero-order chi connectivity index (χ0) is 19.2. The Hall–Kier alpha value is -2.79. The Morgan fingerprint density at radius 3 is 2.78 bits per heavy atom. The summed E-state index contributed by atoms with van der Waals surface area (Å²) in [4.78, 5) is 12.5. The maximum absolute atomic E-state index is 12.5. The number of ether oxygens (including phenoxy) is 1. The van der Waals surface area contributed by atoms with E-state index >= 15 is 0 Å². The van der Waals surface area contributed by atoms with Gasteiger partial charge in [-0.05, 0) is 49.7 Å². The van der Waals surface area contributed by atoms with Crippen molar-refractivity contribution in [3.8, 4) is 5.75 Å². The van der Waals surface area contributed by atoms with Gasteiger partial charge in [0.05, 0.1) is 6.20 Å². The molecule has 1 heterocycles. The lowest BCUT2D eigenvalue weighted by Crippen LogP contribution is -2.23. The molecule has 1 amide bonds. The van der Waals surface area contributed by atoms with Crippen molar-refractivity contribution in [1.29, 1.82) is 0 Å². The summed E-state index contributed by atoms with van der Waals surface area (Å²) in [7, 11) is 0. The second-order valence-electron chi connectivity index (χ2n) is 6.20. The van der Waals surface area contributed by atoms with Crippen LogP contribution in [0.15, 0.2) is 54.7 Å². The zero-order valence-corrected chi connectivity index (χ0v) is 16.2. The van der Waals surface area contributed by atoms with E-state index in [0.29, 0.717) is 29.5 Å². The number of hydrogen-bond acceptors (Lipinski definition) is 3. The zero-order valence-electron chi connectivity index (χ0n) is 15.4. The molecule has 0 saturated heterocycles. The standard InChI is InChI=1S/C21H22ClN3O2/c1-3-25-15(2)18(13-24-25)12-23-21(26)17-7-4-6-16(10-17)14-27-20-9-5-8-19(22)11-20/h4-11,13H,3,12,14H2,1-2H3,(H,23,26). The highest BCUT2D eigenvalue weighted by Gasteiger charge is 2.10. The smallest absolute Gasteiger partial charge is 0.251 e. The number of halogens is 1. The largest absolute Gasteiger partial charge is 0.489 e. The lowest BCUT2D eigenvalue weighted by molar-refractivity contribution is 0.0950. The van der Waals surface area contributed by atoms with Crippen LogP contribution in [0.25, 0.3) is 0 Å². The van der Waals surface area contributed by atoms with Crippen molar-refractivity contribution in [3.05, 3.63) is 82.1 Å². The van der Waals surface area contributed by atoms with Gasteiger partial charge in [0.1, 0.15) is 12.4 Å². The van der Waals surface area contributed by atoms with Crippen molar-refractivity contribution in [2.24, 2.45) is 0 Å². The molecule has 3 rings (SSSR count). The SMILES string of the molecule is CCn1ncc(CNC(=O)c2cccc(COc3cccc(Cl)c3)c2)c1C. The van der Waals surface area contributed by atoms with Crippen molar-refractivity contribution in [3.63, 3.8) is 0 Å². The van der Waals surface area contributed by atoms with Crippen LogP contribution >= 0.6 is 11.6 Å². The van der Waals surface area contributed by atoms with Crippen LogP contribution in [0.4, 0.5) is 0 Å². The second kappa shape index (κ2) is 8.73. The third-order valence-electron chi connectivity index (χ3n) is 4.33. The minimum absolute atomic E-state index is 0.122. The first-order chi connectivity index (χ1) is 13.1. The highest BCUT2D eigenvalue weighted by molar-refractivity contribution is 6.30. The van der Waals surface area contributed by atoms with E-state index in [4.69, 9.17) is 16.3 Å². The van der Waals surface area contributed by atoms with Gasteiger partial charge in [0.25, 0.3) is 5.91 Å². The minimum atomic E-state index is -0.122. The fourth-order valence-corrected chi connectivity index (χ4v) is 2.96. The van der Waals surface area contributed by atoms with Gasteiger partial charge >= 0.3 is 0 Å². The average Bonchev–Trinajstić information content (AvgIpc) is 3.04. The number of carbonyl (C=O) groups excluding carboxylic acids is 1. The minimum Gasteiger partial charge on any atom is -0.489 e. The molecular weight excluding hydrogens is 362 g/mol. The van der Waals surface area contributed by atoms with Gasteiger partial charge in [-0.1, -0.05) is 29.8 Å². The molecule has 3 aromatic rings. The second-order valence-corrected chi connectivity index (χ2v) is 6.64. The molecule has 0 fully saturated rings. The third-order valence-corrected chi connectivity index (χ3v) is 4.57. The van der Waals surface area contributed by atoms with Crippen molar-refractivity contribution < 1.29 is 9.53 Å². The van der Waals surface area contributed by atoms with Gasteiger partial charge in [-0.25, -0.2) is 0 Å². The van der Waals surface area contributed by atoms with Crippen LogP contribution in [0.5, 0.6) is 5.75 Å². The summed E-state index contributed by atoms with van der Waals surface area (Å²) in [6, 6.07) is 14.7. The Morgan fingerprint density at radius 2 is 2.04 bits per heavy atom. The summed E-state index contributed by atoms with van der Waals surface area (Å²) >= 11 is 5.96. The highest BCUT2D eigenvalue weighted by Crippen LogP contribution is 2.18. The monoisotopic (exact) mass is 383 g/mol. The first-order valence-corrected chi connectivity index (χ1v) is 9.21. The van der Waals surface area contributed by atoms with E-state index in [0.717, 1.165) is 23.4 Å². The van der Waals surface area contributed by atoms with Crippen LogP contribution in [0.2, 0.25) is 5.02 Å². The Balaban J connectivity index is 1.60. The summed E-state index contributed by atoms with van der Waals surface area (Å²) in [5, 5.41) is 7.88. The molecule has 1 aromatic heterocycles. The van der Waals surface area contributed by atoms with E-state index in [2.05, 4.69) is 10.4 Å². The highest BCUT2D eigenvalue weighted by atomic mass is 35.5. The molecule has 0 radical (unpaired) electrons. The van der Waals surface area contributed by atoms with Crippen LogP contribution in [0.1, 0.15) is 34.1 Å². The van der Waals surface area contributed by atoms with Crippen molar-refractivity contribution >= 4 is 17.5 Å². The molecule has 27 heavy (non-hydrogen) atoms. The Bertz CT molecular complexity index is 937. The van der Waals surface area contributed by atoms with Gasteiger partial charge in [0.15, 0.2) is 0 Å². The molecule has 2 aromatic carbocycles. The lowest BCUT2D eigenvalue weighted by Gasteiger charge is -2.09. The fraction of sp³-hybridized carbons (Fsp3) is 0.238. The predicted octanol–water partition coefficient (Wildman–Crippen LogP) is 4.37. The molecule has 0 saturated carbocycles. The van der Waals surface area contributed by atoms with Crippen LogP contribution in [0, 0.1) is 6.92 Å². The van der Waals surface area contributed by atoms with Crippen molar-refractivity contribution in [1.82, 2.24) is 15.1 Å². The van der Waals surface area contributed by atoms with Crippen LogP contribution in [0.3, 0.4) is 0 Å². The number of nitrogens with one attached hydrogen (secondary N) is 1. The topological polar surface area (TPSA) is 56.2 Å². The van der Waals surface area contributed by atoms with Gasteiger partial charge in [0, 0.05) is 34.9 Å². The number of carbonyl (C=O) groups is 1. The predicted molar refractivity (Wildman–Crippen MR) is 106 cm³/mol. The van der Waals surface area contributed by atoms with E-state index < -0.39 is 0 Å². The van der Waals surface area contributed by atoms with E-state index in [1.165, 1.54) is 0 Å². The first kappa shape index (κ1) is 19.0. The van der Waals surface area contributed by atoms with Gasteiger partial charge in [-0.2, -0.15) is 5.10 Å². The first-order valence-electron chi connectivity index (χ1n) is 8.83. The van der Waals surface area contributed by atoms with Crippen molar-refractivity contribution in [2.45, 2.75) is 33.5 Å². The molecule has 1 N–H and O–H groups in total. The number of aryl methyl sites for hydroxylation is 1. The van der Waals surface area contributed by atoms with Gasteiger partial charge in [-0.3, -0.25) is 9.48 Å². The summed E-state index contributed by atoms with van der Waals surface area (Å²) in [5.41, 5.74) is 3.60.